The van der Waals surface area contributed by atoms with Crippen LogP contribution in [0.5, 0.6) is 0 Å². The normalized spacial score (nSPS) is 26.2. The third-order valence-electron chi connectivity index (χ3n) is 6.47. The zero-order valence-electron chi connectivity index (χ0n) is 18.2. The fourth-order valence-corrected chi connectivity index (χ4v) is 4.69. The lowest BCUT2D eigenvalue weighted by Gasteiger charge is -2.35. The zero-order chi connectivity index (χ0) is 20.3. The smallest absolute Gasteiger partial charge is 0.0540 e. The van der Waals surface area contributed by atoms with Crippen molar-refractivity contribution in [1.82, 2.24) is 0 Å². The van der Waals surface area contributed by atoms with Gasteiger partial charge in [-0.05, 0) is 72.5 Å². The molecule has 152 valence electrons. The van der Waals surface area contributed by atoms with E-state index < -0.39 is 0 Å². The molecule has 0 bridgehead atoms. The van der Waals surface area contributed by atoms with Gasteiger partial charge in [0.15, 0.2) is 0 Å². The van der Waals surface area contributed by atoms with Gasteiger partial charge in [-0.3, -0.25) is 0 Å². The molecule has 28 heavy (non-hydrogen) atoms. The van der Waals surface area contributed by atoms with Crippen molar-refractivity contribution in [2.24, 2.45) is 17.3 Å². The molecule has 2 aliphatic rings. The van der Waals surface area contributed by atoms with Gasteiger partial charge in [-0.25, -0.2) is 0 Å². The van der Waals surface area contributed by atoms with E-state index in [1.54, 1.807) is 0 Å². The Kier molecular flexibility index (Phi) is 6.65. The zero-order valence-corrected chi connectivity index (χ0v) is 18.2. The van der Waals surface area contributed by atoms with Gasteiger partial charge >= 0.3 is 0 Å². The lowest BCUT2D eigenvalue weighted by atomic mass is 9.71. The van der Waals surface area contributed by atoms with E-state index in [9.17, 15) is 5.11 Å². The molecule has 0 radical (unpaired) electrons. The van der Waals surface area contributed by atoms with Crippen LogP contribution in [0.25, 0.3) is 5.57 Å². The summed E-state index contributed by atoms with van der Waals surface area (Å²) in [4.78, 5) is 0. The minimum Gasteiger partial charge on any atom is -0.393 e. The molecule has 0 aromatic heterocycles. The van der Waals surface area contributed by atoms with Gasteiger partial charge in [-0.1, -0.05) is 82.3 Å². The summed E-state index contributed by atoms with van der Waals surface area (Å²) in [5.74, 6) is 1.55. The molecular formula is C27H38O. The summed E-state index contributed by atoms with van der Waals surface area (Å²) in [6, 6.07) is 9.21. The third-order valence-corrected chi connectivity index (χ3v) is 6.47. The van der Waals surface area contributed by atoms with Crippen molar-refractivity contribution < 1.29 is 5.11 Å². The van der Waals surface area contributed by atoms with Gasteiger partial charge in [0, 0.05) is 5.92 Å². The van der Waals surface area contributed by atoms with E-state index in [0.717, 1.165) is 32.1 Å². The molecule has 2 unspecified atom stereocenters. The number of benzene rings is 1. The second-order valence-electron chi connectivity index (χ2n) is 10.2. The first-order valence-corrected chi connectivity index (χ1v) is 11.1. The van der Waals surface area contributed by atoms with E-state index in [1.807, 2.05) is 0 Å². The molecule has 1 heteroatoms. The van der Waals surface area contributed by atoms with E-state index in [0.29, 0.717) is 23.2 Å². The number of rotatable bonds is 6. The van der Waals surface area contributed by atoms with Crippen LogP contribution in [-0.4, -0.2) is 11.2 Å². The minimum absolute atomic E-state index is 0.106. The Morgan fingerprint density at radius 1 is 1.11 bits per heavy atom. The van der Waals surface area contributed by atoms with E-state index >= 15 is 0 Å². The first-order chi connectivity index (χ1) is 13.2. The number of hydrogen-bond acceptors (Lipinski definition) is 1. The monoisotopic (exact) mass is 378 g/mol. The maximum Gasteiger partial charge on any atom is 0.0540 e. The predicted octanol–water partition coefficient (Wildman–Crippen LogP) is 7.29. The highest BCUT2D eigenvalue weighted by atomic mass is 16.3. The van der Waals surface area contributed by atoms with Crippen molar-refractivity contribution in [3.8, 4) is 0 Å². The maximum absolute atomic E-state index is 9.97. The molecule has 2 atom stereocenters. The second kappa shape index (κ2) is 8.82. The molecule has 0 spiro atoms. The highest BCUT2D eigenvalue weighted by molar-refractivity contribution is 5.76. The summed E-state index contributed by atoms with van der Waals surface area (Å²) in [6.45, 7) is 13.7. The van der Waals surface area contributed by atoms with Crippen molar-refractivity contribution in [3.63, 3.8) is 0 Å². The lowest BCUT2D eigenvalue weighted by Crippen LogP contribution is -2.24. The van der Waals surface area contributed by atoms with E-state index in [1.165, 1.54) is 28.7 Å². The molecule has 2 aliphatic carbocycles. The Morgan fingerprint density at radius 3 is 2.29 bits per heavy atom. The minimum atomic E-state index is -0.106. The van der Waals surface area contributed by atoms with Gasteiger partial charge in [0.25, 0.3) is 0 Å². The molecule has 3 rings (SSSR count). The number of hydrogen-bond donors (Lipinski definition) is 1. The molecule has 1 nitrogen and oxygen atoms in total. The predicted molar refractivity (Wildman–Crippen MR) is 121 cm³/mol. The van der Waals surface area contributed by atoms with Crippen molar-refractivity contribution in [2.75, 3.05) is 0 Å². The van der Waals surface area contributed by atoms with Crippen molar-refractivity contribution in [3.05, 3.63) is 65.8 Å². The topological polar surface area (TPSA) is 20.2 Å². The standard InChI is InChI=1S/C27H38O/c1-19-6-7-24(18-19)21-8-10-22(11-9-21)26(20(2)16-17-27(3,4)5)23-12-14-25(28)15-13-23/h6-11,18-19,23,25-26,28H,2,12-17H2,1,3-5H3. The molecule has 0 heterocycles. The van der Waals surface area contributed by atoms with Crippen LogP contribution in [0.3, 0.4) is 0 Å². The van der Waals surface area contributed by atoms with Gasteiger partial charge in [-0.2, -0.15) is 0 Å². The first-order valence-electron chi connectivity index (χ1n) is 11.1. The SMILES string of the molecule is C=C(CCC(C)(C)C)C(c1ccc(C2=CC(C)C=C2)cc1)C1CCC(O)CC1. The van der Waals surface area contributed by atoms with E-state index in [2.05, 4.69) is 76.8 Å². The Bertz CT molecular complexity index is 721. The quantitative estimate of drug-likeness (QED) is 0.515. The molecule has 1 aromatic carbocycles. The third kappa shape index (κ3) is 5.47. The number of aliphatic hydroxyl groups is 1. The van der Waals surface area contributed by atoms with Crippen molar-refractivity contribution >= 4 is 5.57 Å². The molecule has 0 aliphatic heterocycles. The summed E-state index contributed by atoms with van der Waals surface area (Å²) in [6.07, 6.45) is 13.0. The van der Waals surface area contributed by atoms with Crippen LogP contribution < -0.4 is 0 Å². The van der Waals surface area contributed by atoms with E-state index in [-0.39, 0.29) is 6.10 Å². The Hall–Kier alpha value is -1.60. The Balaban J connectivity index is 1.80. The fourth-order valence-electron chi connectivity index (χ4n) is 4.69. The van der Waals surface area contributed by atoms with Crippen LogP contribution in [0.2, 0.25) is 0 Å². The first kappa shape index (κ1) is 21.1. The van der Waals surface area contributed by atoms with Crippen molar-refractivity contribution in [1.29, 1.82) is 0 Å². The van der Waals surface area contributed by atoms with E-state index in [4.69, 9.17) is 0 Å². The number of allylic oxidation sites excluding steroid dienone is 5. The van der Waals surface area contributed by atoms with Gasteiger partial charge in [0.1, 0.15) is 0 Å². The molecule has 0 amide bonds. The summed E-state index contributed by atoms with van der Waals surface area (Å²) in [5.41, 5.74) is 5.75. The van der Waals surface area contributed by atoms with Crippen LogP contribution in [0, 0.1) is 17.3 Å². The molecule has 1 aromatic rings. The van der Waals surface area contributed by atoms with Gasteiger partial charge < -0.3 is 5.11 Å². The molecular weight excluding hydrogens is 340 g/mol. The van der Waals surface area contributed by atoms with Crippen LogP contribution >= 0.6 is 0 Å². The van der Waals surface area contributed by atoms with Crippen molar-refractivity contribution in [2.45, 2.75) is 78.2 Å². The summed E-state index contributed by atoms with van der Waals surface area (Å²) < 4.78 is 0. The van der Waals surface area contributed by atoms with Crippen LogP contribution in [0.15, 0.2) is 54.6 Å². The summed E-state index contributed by atoms with van der Waals surface area (Å²) in [5, 5.41) is 9.97. The van der Waals surface area contributed by atoms with Gasteiger partial charge in [0.2, 0.25) is 0 Å². The van der Waals surface area contributed by atoms with Crippen LogP contribution in [0.1, 0.15) is 83.3 Å². The average Bonchev–Trinajstić information content (AvgIpc) is 3.08. The largest absolute Gasteiger partial charge is 0.393 e. The fraction of sp³-hybridized carbons (Fsp3) is 0.556. The Labute approximate surface area is 172 Å². The summed E-state index contributed by atoms with van der Waals surface area (Å²) >= 11 is 0. The lowest BCUT2D eigenvalue weighted by molar-refractivity contribution is 0.104. The highest BCUT2D eigenvalue weighted by Crippen LogP contribution is 2.42. The Morgan fingerprint density at radius 2 is 1.75 bits per heavy atom. The average molecular weight is 379 g/mol. The van der Waals surface area contributed by atoms with Gasteiger partial charge in [0.05, 0.1) is 6.10 Å². The van der Waals surface area contributed by atoms with Gasteiger partial charge in [-0.15, -0.1) is 0 Å². The highest BCUT2D eigenvalue weighted by Gasteiger charge is 2.30. The maximum atomic E-state index is 9.97. The molecule has 1 N–H and O–H groups in total. The molecule has 1 fully saturated rings. The second-order valence-corrected chi connectivity index (χ2v) is 10.2. The van der Waals surface area contributed by atoms with Crippen LogP contribution in [0.4, 0.5) is 0 Å². The number of aliphatic hydroxyl groups excluding tert-OH is 1. The summed E-state index contributed by atoms with van der Waals surface area (Å²) in [7, 11) is 0. The molecule has 0 saturated heterocycles. The molecule has 1 saturated carbocycles. The van der Waals surface area contributed by atoms with Crippen LogP contribution in [-0.2, 0) is 0 Å².